The smallest absolute Gasteiger partial charge is 0.125 e. The van der Waals surface area contributed by atoms with E-state index in [1.165, 1.54) is 39.7 Å². The molecule has 0 atom stereocenters. The van der Waals surface area contributed by atoms with Crippen molar-refractivity contribution in [1.29, 1.82) is 0 Å². The monoisotopic (exact) mass is 489 g/mol. The van der Waals surface area contributed by atoms with Crippen LogP contribution in [-0.4, -0.2) is 8.07 Å². The predicted octanol–water partition coefficient (Wildman–Crippen LogP) is 7.90. The maximum atomic E-state index is 14.5. The largest absolute Gasteiger partial charge is 0.310 e. The lowest BCUT2D eigenvalue weighted by Gasteiger charge is -2.29. The van der Waals surface area contributed by atoms with Crippen LogP contribution in [0.25, 0.3) is 22.3 Å². The predicted molar refractivity (Wildman–Crippen MR) is 149 cm³/mol. The van der Waals surface area contributed by atoms with Gasteiger partial charge in [-0.2, -0.15) is 0 Å². The van der Waals surface area contributed by atoms with E-state index in [0.29, 0.717) is 0 Å². The first kappa shape index (κ1) is 22.4. The lowest BCUT2D eigenvalue weighted by Crippen LogP contribution is -2.49. The topological polar surface area (TPSA) is 3.24 Å². The average Bonchev–Trinajstić information content (AvgIpc) is 3.12. The van der Waals surface area contributed by atoms with Gasteiger partial charge in [0.25, 0.3) is 0 Å². The maximum Gasteiger partial charge on any atom is 0.125 e. The second kappa shape index (κ2) is 8.57. The first-order valence-electron chi connectivity index (χ1n) is 12.1. The Morgan fingerprint density at radius 3 is 1.97 bits per heavy atom. The second-order valence-electron chi connectivity index (χ2n) is 9.74. The lowest BCUT2D eigenvalue weighted by molar-refractivity contribution is 0.627. The average molecular weight is 490 g/mol. The zero-order chi connectivity index (χ0) is 24.9. The Hall–Kier alpha value is -4.02. The summed E-state index contributed by atoms with van der Waals surface area (Å²) in [5.74, 6) is -0.566. The third-order valence-electron chi connectivity index (χ3n) is 7.19. The minimum absolute atomic E-state index is 0.274. The lowest BCUT2D eigenvalue weighted by atomic mass is 10.0. The Bertz CT molecular complexity index is 1590. The van der Waals surface area contributed by atoms with Crippen molar-refractivity contribution in [2.45, 2.75) is 13.1 Å². The highest BCUT2D eigenvalue weighted by Crippen LogP contribution is 2.42. The standard InChI is InChI=1S/C32H25F2NSi/c1-36(2)31-13-6-4-11-28(31)29-19-18-26(21-32(29)36)35(25-9-7-8-24(34)20-25)30-12-5-3-10-27(30)22-14-16-23(33)17-15-22/h3-21H,1-2H3. The fourth-order valence-electron chi connectivity index (χ4n) is 5.42. The van der Waals surface area contributed by atoms with E-state index in [2.05, 4.69) is 60.5 Å². The van der Waals surface area contributed by atoms with Crippen LogP contribution in [0.2, 0.25) is 13.1 Å². The number of fused-ring (bicyclic) bond motifs is 3. The van der Waals surface area contributed by atoms with Crippen molar-refractivity contribution in [3.8, 4) is 22.3 Å². The highest BCUT2D eigenvalue weighted by atomic mass is 28.3. The van der Waals surface area contributed by atoms with Crippen LogP contribution in [0.5, 0.6) is 0 Å². The molecule has 6 rings (SSSR count). The number of halogens is 2. The van der Waals surface area contributed by atoms with Gasteiger partial charge in [0.05, 0.1) is 5.69 Å². The van der Waals surface area contributed by atoms with Crippen LogP contribution in [0.4, 0.5) is 25.8 Å². The molecule has 0 aliphatic carbocycles. The van der Waals surface area contributed by atoms with E-state index in [0.717, 1.165) is 28.2 Å². The van der Waals surface area contributed by atoms with Crippen molar-refractivity contribution < 1.29 is 8.78 Å². The van der Waals surface area contributed by atoms with E-state index in [4.69, 9.17) is 0 Å². The van der Waals surface area contributed by atoms with Crippen molar-refractivity contribution in [2.24, 2.45) is 0 Å². The summed E-state index contributed by atoms with van der Waals surface area (Å²) in [5.41, 5.74) is 7.07. The first-order valence-corrected chi connectivity index (χ1v) is 15.1. The highest BCUT2D eigenvalue weighted by molar-refractivity contribution is 7.03. The first-order chi connectivity index (χ1) is 17.4. The molecule has 1 heterocycles. The molecule has 36 heavy (non-hydrogen) atoms. The molecule has 0 saturated heterocycles. The number of rotatable bonds is 4. The van der Waals surface area contributed by atoms with Gasteiger partial charge in [-0.05, 0) is 75.6 Å². The van der Waals surface area contributed by atoms with E-state index in [9.17, 15) is 8.78 Å². The summed E-state index contributed by atoms with van der Waals surface area (Å²) in [5, 5.41) is 2.82. The molecule has 0 amide bonds. The van der Waals surface area contributed by atoms with Gasteiger partial charge >= 0.3 is 0 Å². The van der Waals surface area contributed by atoms with Gasteiger partial charge in [0.1, 0.15) is 19.7 Å². The Kier molecular flexibility index (Phi) is 5.35. The minimum Gasteiger partial charge on any atom is -0.310 e. The Labute approximate surface area is 211 Å². The van der Waals surface area contributed by atoms with Crippen LogP contribution < -0.4 is 15.3 Å². The van der Waals surface area contributed by atoms with Crippen LogP contribution in [-0.2, 0) is 0 Å². The van der Waals surface area contributed by atoms with Gasteiger partial charge in [-0.15, -0.1) is 0 Å². The van der Waals surface area contributed by atoms with Gasteiger partial charge in [-0.25, -0.2) is 8.78 Å². The van der Waals surface area contributed by atoms with Crippen molar-refractivity contribution in [3.05, 3.63) is 127 Å². The summed E-state index contributed by atoms with van der Waals surface area (Å²) in [6.45, 7) is 4.78. The molecule has 0 radical (unpaired) electrons. The van der Waals surface area contributed by atoms with Crippen molar-refractivity contribution in [2.75, 3.05) is 4.90 Å². The molecule has 176 valence electrons. The summed E-state index contributed by atoms with van der Waals surface area (Å²) in [6.07, 6.45) is 0. The Morgan fingerprint density at radius 1 is 0.528 bits per heavy atom. The zero-order valence-electron chi connectivity index (χ0n) is 20.2. The summed E-state index contributed by atoms with van der Waals surface area (Å²) in [7, 11) is -1.90. The normalized spacial score (nSPS) is 13.2. The van der Waals surface area contributed by atoms with Crippen LogP contribution in [0.15, 0.2) is 115 Å². The molecule has 0 N–H and O–H groups in total. The molecule has 1 nitrogen and oxygen atoms in total. The summed E-state index contributed by atoms with van der Waals surface area (Å²) in [4.78, 5) is 2.11. The number of hydrogen-bond donors (Lipinski definition) is 0. The summed E-state index contributed by atoms with van der Waals surface area (Å²) >= 11 is 0. The van der Waals surface area contributed by atoms with E-state index in [-0.39, 0.29) is 11.6 Å². The molecule has 5 aromatic rings. The molecule has 0 fully saturated rings. The van der Waals surface area contributed by atoms with Gasteiger partial charge in [0.2, 0.25) is 0 Å². The van der Waals surface area contributed by atoms with Crippen LogP contribution in [0.3, 0.4) is 0 Å². The van der Waals surface area contributed by atoms with E-state index in [1.54, 1.807) is 24.3 Å². The summed E-state index contributed by atoms with van der Waals surface area (Å²) in [6, 6.07) is 36.5. The number of benzene rings is 5. The van der Waals surface area contributed by atoms with Crippen LogP contribution in [0.1, 0.15) is 0 Å². The maximum absolute atomic E-state index is 14.5. The van der Waals surface area contributed by atoms with Gasteiger partial charge < -0.3 is 4.90 Å². The van der Waals surface area contributed by atoms with Crippen molar-refractivity contribution >= 4 is 35.5 Å². The van der Waals surface area contributed by atoms with Crippen LogP contribution in [0, 0.1) is 11.6 Å². The van der Waals surface area contributed by atoms with Gasteiger partial charge in [0, 0.05) is 16.9 Å². The molecule has 1 aliphatic rings. The van der Waals surface area contributed by atoms with E-state index in [1.807, 2.05) is 30.3 Å². The van der Waals surface area contributed by atoms with Gasteiger partial charge in [-0.1, -0.05) is 79.8 Å². The van der Waals surface area contributed by atoms with E-state index < -0.39 is 8.07 Å². The molecule has 0 unspecified atom stereocenters. The Balaban J connectivity index is 1.57. The SMILES string of the molecule is C[Si]1(C)c2ccccc2-c2ccc(N(c3cccc(F)c3)c3ccccc3-c3ccc(F)cc3)cc21. The minimum atomic E-state index is -1.90. The number of hydrogen-bond acceptors (Lipinski definition) is 1. The van der Waals surface area contributed by atoms with Crippen molar-refractivity contribution in [1.82, 2.24) is 0 Å². The molecule has 0 spiro atoms. The Morgan fingerprint density at radius 2 is 1.19 bits per heavy atom. The second-order valence-corrected chi connectivity index (χ2v) is 14.1. The number of para-hydroxylation sites is 1. The fourth-order valence-corrected chi connectivity index (χ4v) is 8.51. The molecule has 4 heteroatoms. The highest BCUT2D eigenvalue weighted by Gasteiger charge is 2.37. The van der Waals surface area contributed by atoms with Crippen LogP contribution >= 0.6 is 0 Å². The zero-order valence-corrected chi connectivity index (χ0v) is 21.2. The van der Waals surface area contributed by atoms with Crippen molar-refractivity contribution in [3.63, 3.8) is 0 Å². The quantitative estimate of drug-likeness (QED) is 0.232. The number of nitrogens with zero attached hydrogens (tertiary/aromatic N) is 1. The molecule has 5 aromatic carbocycles. The van der Waals surface area contributed by atoms with E-state index >= 15 is 0 Å². The molecule has 0 aromatic heterocycles. The fraction of sp³-hybridized carbons (Fsp3) is 0.0625. The molecular weight excluding hydrogens is 464 g/mol. The summed E-state index contributed by atoms with van der Waals surface area (Å²) < 4.78 is 28.2. The molecule has 0 saturated carbocycles. The molecular formula is C32H25F2NSi. The molecule has 1 aliphatic heterocycles. The van der Waals surface area contributed by atoms with Gasteiger partial charge in [-0.3, -0.25) is 0 Å². The number of anilines is 3. The third-order valence-corrected chi connectivity index (χ3v) is 10.7. The van der Waals surface area contributed by atoms with Gasteiger partial charge in [0.15, 0.2) is 0 Å². The molecule has 0 bridgehead atoms. The third kappa shape index (κ3) is 3.66.